The van der Waals surface area contributed by atoms with Crippen molar-refractivity contribution < 1.29 is 13.2 Å². The Morgan fingerprint density at radius 2 is 1.18 bits per heavy atom. The van der Waals surface area contributed by atoms with Gasteiger partial charge in [0.15, 0.2) is 0 Å². The lowest BCUT2D eigenvalue weighted by Crippen LogP contribution is -2.39. The van der Waals surface area contributed by atoms with Crippen LogP contribution in [0.4, 0.5) is 13.2 Å². The number of benzene rings is 2. The Morgan fingerprint density at radius 3 is 1.55 bits per heavy atom. The molecule has 0 N–H and O–H groups in total. The van der Waals surface area contributed by atoms with Gasteiger partial charge in [-0.05, 0) is 54.4 Å². The van der Waals surface area contributed by atoms with Crippen LogP contribution in [-0.2, 0) is 12.0 Å². The van der Waals surface area contributed by atoms with Crippen molar-refractivity contribution >= 4 is 0 Å². The highest BCUT2D eigenvalue weighted by Gasteiger charge is 3.01. The number of fused-ring (bicyclic) bond motifs is 2. The Kier molecular flexibility index (Phi) is 7.11. The van der Waals surface area contributed by atoms with Crippen LogP contribution in [0, 0.1) is 17.3 Å². The average Bonchev–Trinajstić information content (AvgIpc) is 3.52. The van der Waals surface area contributed by atoms with Crippen molar-refractivity contribution in [1.29, 1.82) is 0 Å². The predicted molar refractivity (Wildman–Crippen MR) is 132 cm³/mol. The van der Waals surface area contributed by atoms with Crippen LogP contribution < -0.4 is 0 Å². The maximum atomic E-state index is 13.2. The zero-order valence-corrected chi connectivity index (χ0v) is 21.4. The van der Waals surface area contributed by atoms with Gasteiger partial charge in [-0.25, -0.2) is 0 Å². The van der Waals surface area contributed by atoms with E-state index >= 15 is 0 Å². The summed E-state index contributed by atoms with van der Waals surface area (Å²) in [4.78, 5) is 2.68. The highest BCUT2D eigenvalue weighted by atomic mass is 19.4. The zero-order valence-electron chi connectivity index (χ0n) is 21.4. The molecular formula is C29H40F3N. The minimum atomic E-state index is -4.26. The molecule has 1 nitrogen and oxygen atoms in total. The normalized spacial score (nSPS) is 29.7. The fourth-order valence-corrected chi connectivity index (χ4v) is 6.21. The van der Waals surface area contributed by atoms with Gasteiger partial charge < -0.3 is 0 Å². The minimum Gasteiger partial charge on any atom is -0.291 e. The van der Waals surface area contributed by atoms with Crippen molar-refractivity contribution in [3.8, 4) is 11.1 Å². The van der Waals surface area contributed by atoms with Crippen molar-refractivity contribution in [3.05, 3.63) is 59.7 Å². The summed E-state index contributed by atoms with van der Waals surface area (Å²) in [5.41, 5.74) is 2.61. The SMILES string of the molecule is CC.CC.CC.CC(C)(c1ccc(-c2ccc(CN3C4C5C[C@H]6C3C546)cc2)cc1)C(F)(F)F. The van der Waals surface area contributed by atoms with Crippen LogP contribution in [-0.4, -0.2) is 23.2 Å². The Morgan fingerprint density at radius 1 is 0.758 bits per heavy atom. The smallest absolute Gasteiger partial charge is 0.291 e. The molecule has 0 bridgehead atoms. The van der Waals surface area contributed by atoms with Gasteiger partial charge in [-0.3, -0.25) is 4.90 Å². The molecule has 0 amide bonds. The predicted octanol–water partition coefficient (Wildman–Crippen LogP) is 8.47. The van der Waals surface area contributed by atoms with Gasteiger partial charge in [-0.15, -0.1) is 0 Å². The number of halogens is 3. The molecule has 2 aromatic carbocycles. The van der Waals surface area contributed by atoms with Crippen LogP contribution in [0.3, 0.4) is 0 Å². The molecule has 1 heterocycles. The van der Waals surface area contributed by atoms with Crippen molar-refractivity contribution in [3.63, 3.8) is 0 Å². The van der Waals surface area contributed by atoms with Crippen molar-refractivity contribution in [2.24, 2.45) is 17.3 Å². The van der Waals surface area contributed by atoms with Crippen LogP contribution in [0.2, 0.25) is 0 Å². The van der Waals surface area contributed by atoms with Crippen LogP contribution in [0.15, 0.2) is 48.5 Å². The van der Waals surface area contributed by atoms with E-state index in [4.69, 9.17) is 0 Å². The second-order valence-corrected chi connectivity index (χ2v) is 9.41. The number of alkyl halides is 3. The molecule has 1 spiro atoms. The molecule has 5 atom stereocenters. The molecular weight excluding hydrogens is 419 g/mol. The van der Waals surface area contributed by atoms with E-state index < -0.39 is 11.6 Å². The van der Waals surface area contributed by atoms with Crippen LogP contribution in [0.1, 0.15) is 72.9 Å². The van der Waals surface area contributed by atoms with E-state index in [2.05, 4.69) is 29.2 Å². The fourth-order valence-electron chi connectivity index (χ4n) is 6.21. The first-order valence-electron chi connectivity index (χ1n) is 12.8. The fraction of sp³-hybridized carbons (Fsp3) is 0.586. The van der Waals surface area contributed by atoms with Crippen molar-refractivity contribution in [1.82, 2.24) is 4.90 Å². The molecule has 182 valence electrons. The summed E-state index contributed by atoms with van der Waals surface area (Å²) in [6.07, 6.45) is -2.78. The van der Waals surface area contributed by atoms with Crippen LogP contribution in [0.5, 0.6) is 0 Å². The summed E-state index contributed by atoms with van der Waals surface area (Å²) in [6, 6.07) is 17.1. The largest absolute Gasteiger partial charge is 0.397 e. The van der Waals surface area contributed by atoms with E-state index in [-0.39, 0.29) is 0 Å². The summed E-state index contributed by atoms with van der Waals surface area (Å²) in [5, 5.41) is 0. The number of nitrogens with zero attached hydrogens (tertiary/aromatic N) is 1. The second kappa shape index (κ2) is 9.09. The van der Waals surface area contributed by atoms with Gasteiger partial charge in [0.2, 0.25) is 0 Å². The molecule has 3 saturated carbocycles. The van der Waals surface area contributed by atoms with Crippen molar-refractivity contribution in [2.75, 3.05) is 0 Å². The molecule has 4 unspecified atom stereocenters. The van der Waals surface area contributed by atoms with E-state index in [1.165, 1.54) is 25.8 Å². The maximum absolute atomic E-state index is 13.2. The van der Waals surface area contributed by atoms with Crippen LogP contribution >= 0.6 is 0 Å². The molecule has 6 rings (SSSR count). The highest BCUT2D eigenvalue weighted by Crippen LogP contribution is 2.96. The summed E-state index contributed by atoms with van der Waals surface area (Å²) < 4.78 is 39.6. The first-order chi connectivity index (χ1) is 15.8. The number of rotatable bonds is 4. The van der Waals surface area contributed by atoms with Gasteiger partial charge in [0.25, 0.3) is 0 Å². The number of hydrogen-bond acceptors (Lipinski definition) is 1. The summed E-state index contributed by atoms with van der Waals surface area (Å²) in [5.74, 6) is 2.04. The summed E-state index contributed by atoms with van der Waals surface area (Å²) >= 11 is 0. The van der Waals surface area contributed by atoms with Gasteiger partial charge in [0, 0.05) is 24.0 Å². The second-order valence-electron chi connectivity index (χ2n) is 9.41. The molecule has 0 radical (unpaired) electrons. The topological polar surface area (TPSA) is 3.24 Å². The Balaban J connectivity index is 0.000000475. The van der Waals surface area contributed by atoms with E-state index in [1.54, 1.807) is 24.3 Å². The lowest BCUT2D eigenvalue weighted by Gasteiger charge is -2.30. The van der Waals surface area contributed by atoms with E-state index in [0.29, 0.717) is 5.56 Å². The van der Waals surface area contributed by atoms with Gasteiger partial charge in [0.05, 0.1) is 5.41 Å². The molecule has 4 fully saturated rings. The molecule has 4 heteroatoms. The molecule has 0 aromatic heterocycles. The van der Waals surface area contributed by atoms with E-state index in [0.717, 1.165) is 47.0 Å². The molecule has 1 saturated heterocycles. The maximum Gasteiger partial charge on any atom is 0.397 e. The van der Waals surface area contributed by atoms with Crippen molar-refractivity contribution in [2.45, 2.75) is 92.0 Å². The van der Waals surface area contributed by atoms with E-state index in [1.807, 2.05) is 41.5 Å². The first-order valence-corrected chi connectivity index (χ1v) is 12.8. The lowest BCUT2D eigenvalue weighted by atomic mass is 9.83. The summed E-state index contributed by atoms with van der Waals surface area (Å²) in [7, 11) is 0. The Hall–Kier alpha value is -1.81. The third-order valence-electron chi connectivity index (χ3n) is 8.04. The Bertz CT molecular complexity index is 907. The van der Waals surface area contributed by atoms with Gasteiger partial charge in [-0.1, -0.05) is 90.1 Å². The molecule has 33 heavy (non-hydrogen) atoms. The zero-order chi connectivity index (χ0) is 24.8. The standard InChI is InChI=1S/C23H22F3N.3C2H6/c1-21(2,23(24,25)26)16-9-7-15(8-10-16)14-5-3-13(4-6-14)12-27-19-17-11-18-20(27)22(17,18)19;3*1-2/h3-10,17-20H,11-12H2,1-2H3;3*1-2H3/t17-,18?,19?,20?,22?;;;/m0.../s1. The molecule has 2 aromatic rings. The number of piperidine rings is 2. The van der Waals surface area contributed by atoms with Crippen LogP contribution in [0.25, 0.3) is 11.1 Å². The molecule has 1 aliphatic heterocycles. The summed E-state index contributed by atoms with van der Waals surface area (Å²) in [6.45, 7) is 15.5. The quantitative estimate of drug-likeness (QED) is 0.443. The monoisotopic (exact) mass is 459 g/mol. The number of hydrogen-bond donors (Lipinski definition) is 0. The average molecular weight is 460 g/mol. The number of likely N-dealkylation sites (tertiary alicyclic amines) is 1. The Labute approximate surface area is 198 Å². The molecule has 3 aliphatic carbocycles. The molecule has 4 aliphatic rings. The lowest BCUT2D eigenvalue weighted by molar-refractivity contribution is -0.180. The van der Waals surface area contributed by atoms with Gasteiger partial charge in [0.1, 0.15) is 0 Å². The third-order valence-corrected chi connectivity index (χ3v) is 8.04. The van der Waals surface area contributed by atoms with Gasteiger partial charge in [-0.2, -0.15) is 13.2 Å². The highest BCUT2D eigenvalue weighted by molar-refractivity contribution is 5.64. The minimum absolute atomic E-state index is 0.295. The van der Waals surface area contributed by atoms with E-state index in [9.17, 15) is 13.2 Å². The first kappa shape index (κ1) is 25.8. The van der Waals surface area contributed by atoms with Gasteiger partial charge >= 0.3 is 6.18 Å². The third kappa shape index (κ3) is 3.64.